The molecule has 1 fully saturated rings. The Balaban J connectivity index is 1.40. The van der Waals surface area contributed by atoms with Crippen LogP contribution in [0.4, 0.5) is 5.82 Å². The van der Waals surface area contributed by atoms with Gasteiger partial charge in [-0.3, -0.25) is 4.79 Å². The van der Waals surface area contributed by atoms with Crippen LogP contribution in [0.3, 0.4) is 0 Å². The Morgan fingerprint density at radius 3 is 2.69 bits per heavy atom. The molecule has 136 valence electrons. The van der Waals surface area contributed by atoms with E-state index in [0.717, 1.165) is 36.0 Å². The molecular formula is C20H23N3O3. The van der Waals surface area contributed by atoms with Crippen LogP contribution in [0.1, 0.15) is 41.6 Å². The van der Waals surface area contributed by atoms with E-state index in [1.807, 2.05) is 24.3 Å². The van der Waals surface area contributed by atoms with Gasteiger partial charge in [-0.2, -0.15) is 0 Å². The molecule has 0 unspecified atom stereocenters. The predicted octanol–water partition coefficient (Wildman–Crippen LogP) is 3.12. The molecule has 2 aliphatic rings. The highest BCUT2D eigenvalue weighted by atomic mass is 16.7. The fraction of sp³-hybridized carbons (Fsp3) is 0.400. The summed E-state index contributed by atoms with van der Waals surface area (Å²) in [5.74, 6) is 2.27. The zero-order valence-corrected chi connectivity index (χ0v) is 14.7. The number of amides is 1. The maximum Gasteiger partial charge on any atom is 0.251 e. The van der Waals surface area contributed by atoms with Gasteiger partial charge >= 0.3 is 0 Å². The van der Waals surface area contributed by atoms with Gasteiger partial charge in [-0.15, -0.1) is 0 Å². The molecule has 4 rings (SSSR count). The highest BCUT2D eigenvalue weighted by Gasteiger charge is 2.15. The molecule has 1 saturated heterocycles. The molecule has 1 aromatic heterocycles. The van der Waals surface area contributed by atoms with Crippen LogP contribution in [0, 0.1) is 0 Å². The van der Waals surface area contributed by atoms with E-state index in [1.165, 1.54) is 25.7 Å². The number of aromatic nitrogens is 1. The summed E-state index contributed by atoms with van der Waals surface area (Å²) in [4.78, 5) is 19.3. The molecule has 3 heterocycles. The van der Waals surface area contributed by atoms with Gasteiger partial charge in [-0.25, -0.2) is 4.98 Å². The van der Waals surface area contributed by atoms with E-state index in [2.05, 4.69) is 15.2 Å². The molecule has 2 aromatic rings. The zero-order chi connectivity index (χ0) is 17.8. The number of hydrogen-bond acceptors (Lipinski definition) is 5. The van der Waals surface area contributed by atoms with E-state index >= 15 is 0 Å². The lowest BCUT2D eigenvalue weighted by Gasteiger charge is -2.21. The lowest BCUT2D eigenvalue weighted by atomic mass is 10.2. The Kier molecular flexibility index (Phi) is 4.91. The first-order chi connectivity index (χ1) is 12.8. The number of fused-ring (bicyclic) bond motifs is 1. The summed E-state index contributed by atoms with van der Waals surface area (Å²) in [5.41, 5.74) is 1.62. The lowest BCUT2D eigenvalue weighted by molar-refractivity contribution is 0.0950. The number of nitrogens with zero attached hydrogens (tertiary/aromatic N) is 2. The van der Waals surface area contributed by atoms with E-state index in [-0.39, 0.29) is 12.7 Å². The van der Waals surface area contributed by atoms with E-state index in [9.17, 15) is 4.79 Å². The van der Waals surface area contributed by atoms with Crippen LogP contribution in [0.25, 0.3) is 0 Å². The molecule has 0 saturated carbocycles. The quantitative estimate of drug-likeness (QED) is 0.915. The third kappa shape index (κ3) is 3.74. The third-order valence-electron chi connectivity index (χ3n) is 4.83. The van der Waals surface area contributed by atoms with Crippen LogP contribution in [0.15, 0.2) is 36.5 Å². The number of benzene rings is 1. The Morgan fingerprint density at radius 1 is 1.04 bits per heavy atom. The van der Waals surface area contributed by atoms with Gasteiger partial charge in [-0.1, -0.05) is 18.9 Å². The Labute approximate surface area is 153 Å². The zero-order valence-electron chi connectivity index (χ0n) is 14.7. The second kappa shape index (κ2) is 7.64. The van der Waals surface area contributed by atoms with Crippen LogP contribution < -0.4 is 19.7 Å². The number of nitrogens with one attached hydrogen (secondary N) is 1. The maximum absolute atomic E-state index is 12.5. The first-order valence-corrected chi connectivity index (χ1v) is 9.17. The molecule has 1 N–H and O–H groups in total. The minimum absolute atomic E-state index is 0.0962. The van der Waals surface area contributed by atoms with Gasteiger partial charge in [0, 0.05) is 31.4 Å². The smallest absolute Gasteiger partial charge is 0.251 e. The van der Waals surface area contributed by atoms with Crippen molar-refractivity contribution in [3.8, 4) is 11.5 Å². The van der Waals surface area contributed by atoms with Crippen molar-refractivity contribution in [3.63, 3.8) is 0 Å². The predicted molar refractivity (Wildman–Crippen MR) is 98.7 cm³/mol. The summed E-state index contributed by atoms with van der Waals surface area (Å²) in [5, 5.41) is 2.97. The van der Waals surface area contributed by atoms with Crippen molar-refractivity contribution in [2.75, 3.05) is 24.8 Å². The molecule has 26 heavy (non-hydrogen) atoms. The maximum atomic E-state index is 12.5. The Hall–Kier alpha value is -2.76. The molecule has 1 amide bonds. The van der Waals surface area contributed by atoms with E-state index in [4.69, 9.17) is 9.47 Å². The summed E-state index contributed by atoms with van der Waals surface area (Å²) in [7, 11) is 0. The second-order valence-electron chi connectivity index (χ2n) is 6.67. The van der Waals surface area contributed by atoms with Crippen LogP contribution >= 0.6 is 0 Å². The van der Waals surface area contributed by atoms with E-state index in [1.54, 1.807) is 12.3 Å². The number of pyridine rings is 1. The number of rotatable bonds is 4. The van der Waals surface area contributed by atoms with Gasteiger partial charge in [0.1, 0.15) is 5.82 Å². The monoisotopic (exact) mass is 353 g/mol. The van der Waals surface area contributed by atoms with Crippen LogP contribution in [-0.2, 0) is 6.54 Å². The fourth-order valence-corrected chi connectivity index (χ4v) is 3.37. The molecule has 6 heteroatoms. The number of anilines is 1. The van der Waals surface area contributed by atoms with Crippen molar-refractivity contribution >= 4 is 11.7 Å². The highest BCUT2D eigenvalue weighted by molar-refractivity contribution is 5.94. The normalized spacial score (nSPS) is 16.2. The van der Waals surface area contributed by atoms with Crippen molar-refractivity contribution in [3.05, 3.63) is 47.7 Å². The van der Waals surface area contributed by atoms with Gasteiger partial charge in [0.05, 0.1) is 0 Å². The first-order valence-electron chi connectivity index (χ1n) is 9.17. The van der Waals surface area contributed by atoms with Gasteiger partial charge in [0.15, 0.2) is 11.5 Å². The van der Waals surface area contributed by atoms with Gasteiger partial charge in [0.2, 0.25) is 6.79 Å². The summed E-state index contributed by atoms with van der Waals surface area (Å²) in [6, 6.07) is 9.35. The number of hydrogen-bond donors (Lipinski definition) is 1. The van der Waals surface area contributed by atoms with Crippen LogP contribution in [-0.4, -0.2) is 30.8 Å². The molecular weight excluding hydrogens is 330 g/mol. The number of carbonyl (C=O) groups excluding carboxylic acids is 1. The van der Waals surface area contributed by atoms with Crippen LogP contribution in [0.2, 0.25) is 0 Å². The average Bonchev–Trinajstić information content (AvgIpc) is 2.97. The van der Waals surface area contributed by atoms with Gasteiger partial charge in [0.25, 0.3) is 5.91 Å². The summed E-state index contributed by atoms with van der Waals surface area (Å²) in [6.45, 7) is 2.71. The minimum Gasteiger partial charge on any atom is -0.454 e. The van der Waals surface area contributed by atoms with Crippen molar-refractivity contribution in [2.45, 2.75) is 32.2 Å². The molecule has 0 bridgehead atoms. The van der Waals surface area contributed by atoms with E-state index < -0.39 is 0 Å². The van der Waals surface area contributed by atoms with E-state index in [0.29, 0.717) is 12.1 Å². The van der Waals surface area contributed by atoms with Crippen LogP contribution in [0.5, 0.6) is 11.5 Å². The molecule has 0 atom stereocenters. The molecule has 2 aliphatic heterocycles. The summed E-state index contributed by atoms with van der Waals surface area (Å²) >= 11 is 0. The minimum atomic E-state index is -0.0962. The average molecular weight is 353 g/mol. The fourth-order valence-electron chi connectivity index (χ4n) is 3.37. The summed E-state index contributed by atoms with van der Waals surface area (Å²) in [6.07, 6.45) is 6.62. The van der Waals surface area contributed by atoms with Gasteiger partial charge in [-0.05, 0) is 42.7 Å². The third-order valence-corrected chi connectivity index (χ3v) is 4.83. The summed E-state index contributed by atoms with van der Waals surface area (Å²) < 4.78 is 10.7. The molecule has 6 nitrogen and oxygen atoms in total. The van der Waals surface area contributed by atoms with Gasteiger partial charge < -0.3 is 19.7 Å². The lowest BCUT2D eigenvalue weighted by Crippen LogP contribution is -2.26. The van der Waals surface area contributed by atoms with Crippen molar-refractivity contribution in [2.24, 2.45) is 0 Å². The number of ether oxygens (including phenoxy) is 2. The topological polar surface area (TPSA) is 63.7 Å². The standard InChI is InChI=1S/C20H23N3O3/c24-20(22-13-15-5-6-17-18(11-15)26-14-25-17)16-7-8-21-19(12-16)23-9-3-1-2-4-10-23/h5-8,11-12H,1-4,9-10,13-14H2,(H,22,24). The molecule has 0 spiro atoms. The second-order valence-corrected chi connectivity index (χ2v) is 6.67. The molecule has 1 aromatic carbocycles. The molecule has 0 aliphatic carbocycles. The first kappa shape index (κ1) is 16.7. The largest absolute Gasteiger partial charge is 0.454 e. The Bertz CT molecular complexity index is 786. The Morgan fingerprint density at radius 2 is 1.85 bits per heavy atom. The molecule has 0 radical (unpaired) electrons. The van der Waals surface area contributed by atoms with Crippen molar-refractivity contribution < 1.29 is 14.3 Å². The van der Waals surface area contributed by atoms with Crippen molar-refractivity contribution in [1.29, 1.82) is 0 Å². The highest BCUT2D eigenvalue weighted by Crippen LogP contribution is 2.32. The number of carbonyl (C=O) groups is 1. The SMILES string of the molecule is O=C(NCc1ccc2c(c1)OCO2)c1ccnc(N2CCCCCC2)c1. The van der Waals surface area contributed by atoms with Crippen molar-refractivity contribution in [1.82, 2.24) is 10.3 Å².